The van der Waals surface area contributed by atoms with Gasteiger partial charge < -0.3 is 5.73 Å². The Morgan fingerprint density at radius 3 is 2.02 bits per heavy atom. The fourth-order valence-electron chi connectivity index (χ4n) is 7.51. The summed E-state index contributed by atoms with van der Waals surface area (Å²) < 4.78 is 0. The maximum absolute atomic E-state index is 6.90. The molecule has 0 saturated carbocycles. The van der Waals surface area contributed by atoms with Crippen LogP contribution < -0.4 is 11.1 Å². The summed E-state index contributed by atoms with van der Waals surface area (Å²) in [4.78, 5) is 0. The second-order valence-corrected chi connectivity index (χ2v) is 13.1. The molecule has 1 aliphatic carbocycles. The number of nitrogens with one attached hydrogen (secondary N) is 1. The topological polar surface area (TPSA) is 38.0 Å². The molecule has 0 amide bonds. The van der Waals surface area contributed by atoms with Gasteiger partial charge in [0.25, 0.3) is 0 Å². The second-order valence-electron chi connectivity index (χ2n) is 13.1. The van der Waals surface area contributed by atoms with Gasteiger partial charge in [0, 0.05) is 5.41 Å². The maximum atomic E-state index is 6.90. The highest BCUT2D eigenvalue weighted by Gasteiger charge is 2.36. The van der Waals surface area contributed by atoms with Crippen LogP contribution in [0.3, 0.4) is 0 Å². The van der Waals surface area contributed by atoms with Gasteiger partial charge in [-0.3, -0.25) is 5.32 Å². The minimum absolute atomic E-state index is 0.0926. The van der Waals surface area contributed by atoms with E-state index in [2.05, 4.69) is 165 Å². The molecule has 1 aliphatic rings. The Labute approximate surface area is 277 Å². The van der Waals surface area contributed by atoms with E-state index in [0.29, 0.717) is 0 Å². The first kappa shape index (κ1) is 29.1. The van der Waals surface area contributed by atoms with Crippen molar-refractivity contribution < 1.29 is 0 Å². The molecule has 0 saturated heterocycles. The Hall–Kier alpha value is -5.28. The van der Waals surface area contributed by atoms with Gasteiger partial charge >= 0.3 is 0 Å². The Morgan fingerprint density at radius 1 is 0.596 bits per heavy atom. The van der Waals surface area contributed by atoms with Crippen LogP contribution in [0.1, 0.15) is 53.9 Å². The fraction of sp³-hybridized carbons (Fsp3) is 0.111. The average Bonchev–Trinajstić information content (AvgIpc) is 3.34. The minimum atomic E-state index is -0.353. The average molecular weight is 607 g/mol. The van der Waals surface area contributed by atoms with Gasteiger partial charge in [-0.15, -0.1) is 0 Å². The van der Waals surface area contributed by atoms with Crippen LogP contribution in [0.5, 0.6) is 0 Å². The molecule has 2 unspecified atom stereocenters. The first-order chi connectivity index (χ1) is 23.0. The van der Waals surface area contributed by atoms with E-state index in [1.807, 2.05) is 18.2 Å². The normalized spacial score (nSPS) is 14.7. The molecule has 0 spiro atoms. The highest BCUT2D eigenvalue weighted by Crippen LogP contribution is 2.51. The molecule has 0 bridgehead atoms. The lowest BCUT2D eigenvalue weighted by atomic mass is 9.81. The van der Waals surface area contributed by atoms with Crippen LogP contribution >= 0.6 is 0 Å². The highest BCUT2D eigenvalue weighted by molar-refractivity contribution is 5.99. The molecule has 47 heavy (non-hydrogen) atoms. The molecule has 7 aromatic rings. The number of hydrogen-bond donors (Lipinski definition) is 2. The van der Waals surface area contributed by atoms with Gasteiger partial charge in [0.2, 0.25) is 0 Å². The Bertz CT molecular complexity index is 2260. The van der Waals surface area contributed by atoms with Crippen LogP contribution in [0.2, 0.25) is 0 Å². The maximum Gasteiger partial charge on any atom is 0.0817 e. The highest BCUT2D eigenvalue weighted by atomic mass is 15.0. The van der Waals surface area contributed by atoms with E-state index >= 15 is 0 Å². The van der Waals surface area contributed by atoms with Crippen LogP contribution in [0, 0.1) is 0 Å². The summed E-state index contributed by atoms with van der Waals surface area (Å²) in [6.07, 6.45) is 4.26. The van der Waals surface area contributed by atoms with E-state index in [1.54, 1.807) is 0 Å². The van der Waals surface area contributed by atoms with Gasteiger partial charge in [-0.2, -0.15) is 0 Å². The zero-order chi connectivity index (χ0) is 32.0. The molecule has 2 atom stereocenters. The van der Waals surface area contributed by atoms with Crippen molar-refractivity contribution in [2.45, 2.75) is 31.5 Å². The van der Waals surface area contributed by atoms with Crippen LogP contribution in [0.25, 0.3) is 49.9 Å². The van der Waals surface area contributed by atoms with Crippen molar-refractivity contribution in [3.05, 3.63) is 186 Å². The van der Waals surface area contributed by atoms with Crippen LogP contribution in [-0.2, 0) is 5.41 Å². The molecule has 0 heterocycles. The van der Waals surface area contributed by atoms with E-state index in [9.17, 15) is 0 Å². The van der Waals surface area contributed by atoms with Gasteiger partial charge in [0.1, 0.15) is 0 Å². The third kappa shape index (κ3) is 5.16. The third-order valence-electron chi connectivity index (χ3n) is 9.94. The predicted octanol–water partition coefficient (Wildman–Crippen LogP) is 11.0. The first-order valence-corrected chi connectivity index (χ1v) is 16.5. The number of nitrogens with two attached hydrogens (primary N) is 1. The molecule has 2 heteroatoms. The summed E-state index contributed by atoms with van der Waals surface area (Å²) in [7, 11) is 0. The SMILES string of the molecule is CC1(C)c2cc3ccccc3cc2-c2c(/C=C/C(NC(N)c3ccccc3)c3ccc4ccccc4c3-c3ccccc3)cccc21. The molecule has 3 N–H and O–H groups in total. The molecule has 0 aromatic heterocycles. The zero-order valence-electron chi connectivity index (χ0n) is 26.8. The fourth-order valence-corrected chi connectivity index (χ4v) is 7.51. The summed E-state index contributed by atoms with van der Waals surface area (Å²) in [6, 6.07) is 54.2. The minimum Gasteiger partial charge on any atom is -0.312 e. The standard InChI is InChI=1S/C45H38N2/c1-45(2)39-23-13-21-32(43(39)38-28-34-19-9-10-20-35(34)29-40(38)45)25-27-41(47-44(46)33-17-7-4-8-18-33)37-26-24-30-14-11-12-22-36(30)42(37)31-15-5-3-6-16-31/h3-29,41,44,47H,46H2,1-2H3/b27-25+. The Balaban J connectivity index is 1.30. The lowest BCUT2D eigenvalue weighted by Gasteiger charge is -2.25. The van der Waals surface area contributed by atoms with Crippen LogP contribution in [0.15, 0.2) is 158 Å². The van der Waals surface area contributed by atoms with Gasteiger partial charge in [-0.1, -0.05) is 166 Å². The Kier molecular flexibility index (Phi) is 7.33. The van der Waals surface area contributed by atoms with Crippen molar-refractivity contribution in [1.29, 1.82) is 0 Å². The van der Waals surface area contributed by atoms with Crippen molar-refractivity contribution in [2.24, 2.45) is 5.73 Å². The lowest BCUT2D eigenvalue weighted by Crippen LogP contribution is -2.31. The molecule has 228 valence electrons. The smallest absolute Gasteiger partial charge is 0.0817 e. The number of benzene rings is 7. The van der Waals surface area contributed by atoms with Crippen molar-refractivity contribution in [2.75, 3.05) is 0 Å². The quantitative estimate of drug-likeness (QED) is 0.177. The van der Waals surface area contributed by atoms with Crippen molar-refractivity contribution in [3.63, 3.8) is 0 Å². The summed E-state index contributed by atoms with van der Waals surface area (Å²) >= 11 is 0. The van der Waals surface area contributed by atoms with E-state index in [4.69, 9.17) is 5.73 Å². The number of rotatable bonds is 7. The second kappa shape index (κ2) is 11.8. The van der Waals surface area contributed by atoms with Gasteiger partial charge in [0.15, 0.2) is 0 Å². The summed E-state index contributed by atoms with van der Waals surface area (Å²) in [6.45, 7) is 4.70. The molecule has 8 rings (SSSR count). The van der Waals surface area contributed by atoms with Crippen molar-refractivity contribution in [3.8, 4) is 22.3 Å². The summed E-state index contributed by atoms with van der Waals surface area (Å²) in [5.41, 5.74) is 18.1. The zero-order valence-corrected chi connectivity index (χ0v) is 26.8. The summed E-state index contributed by atoms with van der Waals surface area (Å²) in [5.74, 6) is 0. The molecule has 0 radical (unpaired) electrons. The Morgan fingerprint density at radius 2 is 1.26 bits per heavy atom. The largest absolute Gasteiger partial charge is 0.312 e. The van der Waals surface area contributed by atoms with E-state index < -0.39 is 0 Å². The number of fused-ring (bicyclic) bond motifs is 5. The molecule has 0 fully saturated rings. The van der Waals surface area contributed by atoms with E-state index in [-0.39, 0.29) is 17.6 Å². The number of hydrogen-bond acceptors (Lipinski definition) is 2. The van der Waals surface area contributed by atoms with Gasteiger partial charge in [-0.05, 0) is 83.7 Å². The van der Waals surface area contributed by atoms with Gasteiger partial charge in [-0.25, -0.2) is 0 Å². The first-order valence-electron chi connectivity index (χ1n) is 16.5. The van der Waals surface area contributed by atoms with E-state index in [0.717, 1.165) is 5.56 Å². The predicted molar refractivity (Wildman–Crippen MR) is 199 cm³/mol. The molecule has 7 aromatic carbocycles. The molecular weight excluding hydrogens is 569 g/mol. The lowest BCUT2D eigenvalue weighted by molar-refractivity contribution is 0.510. The monoisotopic (exact) mass is 606 g/mol. The van der Waals surface area contributed by atoms with E-state index in [1.165, 1.54) is 66.1 Å². The van der Waals surface area contributed by atoms with Gasteiger partial charge in [0.05, 0.1) is 12.2 Å². The van der Waals surface area contributed by atoms with Crippen molar-refractivity contribution in [1.82, 2.24) is 5.32 Å². The van der Waals surface area contributed by atoms with Crippen molar-refractivity contribution >= 4 is 27.6 Å². The third-order valence-corrected chi connectivity index (χ3v) is 9.94. The molecule has 2 nitrogen and oxygen atoms in total. The molecular formula is C45H38N2. The molecule has 0 aliphatic heterocycles. The van der Waals surface area contributed by atoms with Crippen LogP contribution in [0.4, 0.5) is 0 Å². The van der Waals surface area contributed by atoms with Crippen LogP contribution in [-0.4, -0.2) is 0 Å². The summed E-state index contributed by atoms with van der Waals surface area (Å²) in [5, 5.41) is 8.82.